The van der Waals surface area contributed by atoms with E-state index in [0.29, 0.717) is 33.4 Å². The molecule has 0 atom stereocenters. The molecular weight excluding hydrogens is 642 g/mol. The fourth-order valence-corrected chi connectivity index (χ4v) is 6.08. The molecule has 1 heterocycles. The van der Waals surface area contributed by atoms with E-state index in [0.717, 1.165) is 9.80 Å². The standard InChI is InChI=1S/C34H31N3O12/c38-28(39)12-34(13-29(40)41)26-4-2-1-3-24(26)25-8-7-20(11-27(25)34)5-6-21-9-22(14-36(16-30(42)43)17-31(44)45)35-23(10-21)15-37(18-32(46)47)19-33(48)49/h1-4,7-11H,12-19H2,(H,38,39)(H,40,41)(H,42,43)(H,44,45)(H,46,47)(H,48,49). The number of aromatic nitrogens is 1. The SMILES string of the molecule is O=C(O)CN(CC(=O)O)Cc1cc(C#Cc2ccc3c(c2)C(CC(=O)O)(CC(=O)O)c2ccccc2-3)cc(CN(CC(=O)O)CC(=O)O)n1. The van der Waals surface area contributed by atoms with Crippen molar-refractivity contribution in [3.63, 3.8) is 0 Å². The molecule has 6 N–H and O–H groups in total. The van der Waals surface area contributed by atoms with Crippen LogP contribution in [0.1, 0.15) is 46.5 Å². The lowest BCUT2D eigenvalue weighted by molar-refractivity contribution is -0.144. The largest absolute Gasteiger partial charge is 0.481 e. The second-order valence-corrected chi connectivity index (χ2v) is 11.5. The lowest BCUT2D eigenvalue weighted by Crippen LogP contribution is -2.35. The van der Waals surface area contributed by atoms with Gasteiger partial charge in [-0.15, -0.1) is 0 Å². The summed E-state index contributed by atoms with van der Waals surface area (Å²) in [5, 5.41) is 56.8. The molecule has 254 valence electrons. The van der Waals surface area contributed by atoms with Gasteiger partial charge in [-0.2, -0.15) is 0 Å². The molecule has 15 nitrogen and oxygen atoms in total. The van der Waals surface area contributed by atoms with Gasteiger partial charge in [0.2, 0.25) is 0 Å². The summed E-state index contributed by atoms with van der Waals surface area (Å²) in [5.41, 5.74) is 2.13. The lowest BCUT2D eigenvalue weighted by atomic mass is 9.72. The number of pyridine rings is 1. The van der Waals surface area contributed by atoms with Crippen LogP contribution >= 0.6 is 0 Å². The number of fused-ring (bicyclic) bond motifs is 3. The van der Waals surface area contributed by atoms with Crippen molar-refractivity contribution in [2.24, 2.45) is 0 Å². The van der Waals surface area contributed by atoms with Gasteiger partial charge < -0.3 is 30.6 Å². The van der Waals surface area contributed by atoms with Gasteiger partial charge in [-0.25, -0.2) is 0 Å². The summed E-state index contributed by atoms with van der Waals surface area (Å²) >= 11 is 0. The summed E-state index contributed by atoms with van der Waals surface area (Å²) in [5.74, 6) is -1.58. The highest BCUT2D eigenvalue weighted by Gasteiger charge is 2.46. The van der Waals surface area contributed by atoms with E-state index in [-0.39, 0.29) is 24.5 Å². The average Bonchev–Trinajstić information content (AvgIpc) is 3.22. The molecule has 0 radical (unpaired) electrons. The Bertz CT molecular complexity index is 1790. The van der Waals surface area contributed by atoms with E-state index in [9.17, 15) is 59.4 Å². The van der Waals surface area contributed by atoms with Crippen LogP contribution in [0.2, 0.25) is 0 Å². The fraction of sp³-hybridized carbons (Fsp3) is 0.265. The molecule has 0 saturated heterocycles. The number of hydrogen-bond donors (Lipinski definition) is 6. The number of carboxylic acids is 6. The highest BCUT2D eigenvalue weighted by atomic mass is 16.4. The van der Waals surface area contributed by atoms with Crippen LogP contribution < -0.4 is 0 Å². The van der Waals surface area contributed by atoms with E-state index in [2.05, 4.69) is 16.8 Å². The second kappa shape index (κ2) is 15.2. The number of nitrogens with zero attached hydrogens (tertiary/aromatic N) is 3. The monoisotopic (exact) mass is 673 g/mol. The summed E-state index contributed by atoms with van der Waals surface area (Å²) in [4.78, 5) is 76.2. The third-order valence-corrected chi connectivity index (χ3v) is 7.66. The molecule has 0 fully saturated rings. The van der Waals surface area contributed by atoms with Crippen molar-refractivity contribution in [2.45, 2.75) is 31.3 Å². The molecule has 1 aliphatic rings. The maximum absolute atomic E-state index is 12.0. The van der Waals surface area contributed by atoms with E-state index in [1.807, 2.05) is 0 Å². The Morgan fingerprint density at radius 2 is 1.00 bits per heavy atom. The van der Waals surface area contributed by atoms with Crippen LogP contribution in [-0.2, 0) is 47.3 Å². The van der Waals surface area contributed by atoms with Crippen LogP contribution in [0.25, 0.3) is 11.1 Å². The third kappa shape index (κ3) is 9.25. The normalized spacial score (nSPS) is 12.4. The van der Waals surface area contributed by atoms with Gasteiger partial charge in [-0.05, 0) is 46.5 Å². The van der Waals surface area contributed by atoms with Crippen LogP contribution in [-0.4, -0.2) is 107 Å². The van der Waals surface area contributed by atoms with Crippen molar-refractivity contribution in [1.82, 2.24) is 14.8 Å². The van der Waals surface area contributed by atoms with Crippen molar-refractivity contribution >= 4 is 35.8 Å². The van der Waals surface area contributed by atoms with E-state index in [4.69, 9.17) is 0 Å². The Labute approximate surface area is 278 Å². The van der Waals surface area contributed by atoms with Gasteiger partial charge in [0.15, 0.2) is 0 Å². The topological polar surface area (TPSA) is 243 Å². The minimum absolute atomic E-state index is 0.182. The zero-order chi connectivity index (χ0) is 35.9. The molecule has 0 bridgehead atoms. The Morgan fingerprint density at radius 3 is 1.47 bits per heavy atom. The highest BCUT2D eigenvalue weighted by Crippen LogP contribution is 2.52. The first-order valence-electron chi connectivity index (χ1n) is 14.7. The highest BCUT2D eigenvalue weighted by molar-refractivity contribution is 5.88. The average molecular weight is 674 g/mol. The van der Waals surface area contributed by atoms with Crippen molar-refractivity contribution in [3.05, 3.63) is 88.2 Å². The molecule has 4 rings (SSSR count). The molecule has 3 aromatic rings. The van der Waals surface area contributed by atoms with Gasteiger partial charge in [0.25, 0.3) is 0 Å². The van der Waals surface area contributed by atoms with Crippen molar-refractivity contribution in [1.29, 1.82) is 0 Å². The summed E-state index contributed by atoms with van der Waals surface area (Å²) in [6.45, 7) is -3.01. The molecule has 2 aromatic carbocycles. The number of aliphatic carboxylic acids is 6. The van der Waals surface area contributed by atoms with Gasteiger partial charge in [0.1, 0.15) is 0 Å². The zero-order valence-corrected chi connectivity index (χ0v) is 25.8. The van der Waals surface area contributed by atoms with Crippen LogP contribution in [0.4, 0.5) is 0 Å². The van der Waals surface area contributed by atoms with Crippen LogP contribution in [0.5, 0.6) is 0 Å². The fourth-order valence-electron chi connectivity index (χ4n) is 6.08. The second-order valence-electron chi connectivity index (χ2n) is 11.5. The Balaban J connectivity index is 1.79. The molecule has 1 aromatic heterocycles. The number of benzene rings is 2. The molecule has 15 heteroatoms. The van der Waals surface area contributed by atoms with Gasteiger partial charge in [0.05, 0.1) is 50.4 Å². The van der Waals surface area contributed by atoms with Gasteiger partial charge in [0, 0.05) is 29.6 Å². The number of carboxylic acid groups (broad SMARTS) is 6. The molecule has 0 aliphatic heterocycles. The van der Waals surface area contributed by atoms with Crippen molar-refractivity contribution in [3.8, 4) is 23.0 Å². The smallest absolute Gasteiger partial charge is 0.317 e. The Kier molecular flexibility index (Phi) is 11.1. The molecule has 0 amide bonds. The molecular formula is C34H31N3O12. The third-order valence-electron chi connectivity index (χ3n) is 7.66. The minimum Gasteiger partial charge on any atom is -0.481 e. The van der Waals surface area contributed by atoms with E-state index >= 15 is 0 Å². The molecule has 1 aliphatic carbocycles. The predicted molar refractivity (Wildman–Crippen MR) is 168 cm³/mol. The maximum Gasteiger partial charge on any atom is 0.317 e. The molecule has 0 spiro atoms. The Hall–Kier alpha value is -6.11. The zero-order valence-electron chi connectivity index (χ0n) is 25.8. The van der Waals surface area contributed by atoms with E-state index < -0.39 is 80.3 Å². The van der Waals surface area contributed by atoms with E-state index in [1.54, 1.807) is 42.5 Å². The minimum atomic E-state index is -1.37. The molecule has 0 saturated carbocycles. The number of hydrogen-bond acceptors (Lipinski definition) is 9. The van der Waals surface area contributed by atoms with Gasteiger partial charge >= 0.3 is 35.8 Å². The van der Waals surface area contributed by atoms with Crippen LogP contribution in [0.15, 0.2) is 54.6 Å². The summed E-state index contributed by atoms with van der Waals surface area (Å²) in [6.07, 6.45) is -0.965. The summed E-state index contributed by atoms with van der Waals surface area (Å²) in [6, 6.07) is 15.0. The lowest BCUT2D eigenvalue weighted by Gasteiger charge is -2.29. The molecule has 0 unspecified atom stereocenters. The molecule has 49 heavy (non-hydrogen) atoms. The maximum atomic E-state index is 12.0. The number of carbonyl (C=O) groups is 6. The van der Waals surface area contributed by atoms with Crippen molar-refractivity contribution < 1.29 is 59.4 Å². The van der Waals surface area contributed by atoms with Crippen LogP contribution in [0.3, 0.4) is 0 Å². The first-order chi connectivity index (χ1) is 23.1. The first kappa shape index (κ1) is 35.7. The van der Waals surface area contributed by atoms with Crippen LogP contribution in [0, 0.1) is 11.8 Å². The Morgan fingerprint density at radius 1 is 0.551 bits per heavy atom. The number of rotatable bonds is 16. The predicted octanol–water partition coefficient (Wildman–Crippen LogP) is 1.64. The first-order valence-corrected chi connectivity index (χ1v) is 14.7. The van der Waals surface area contributed by atoms with Gasteiger partial charge in [-0.1, -0.05) is 42.2 Å². The quantitative estimate of drug-likeness (QED) is 0.118. The van der Waals surface area contributed by atoms with Crippen molar-refractivity contribution in [2.75, 3.05) is 26.2 Å². The summed E-state index contributed by atoms with van der Waals surface area (Å²) < 4.78 is 0. The summed E-state index contributed by atoms with van der Waals surface area (Å²) in [7, 11) is 0. The van der Waals surface area contributed by atoms with E-state index in [1.165, 1.54) is 12.1 Å². The van der Waals surface area contributed by atoms with Gasteiger partial charge in [-0.3, -0.25) is 43.6 Å².